The normalized spacial score (nSPS) is 19.0. The number of aromatic nitrogens is 2. The summed E-state index contributed by atoms with van der Waals surface area (Å²) in [6, 6.07) is 10.4. The van der Waals surface area contributed by atoms with Crippen LogP contribution in [-0.2, 0) is 13.0 Å². The Kier molecular flexibility index (Phi) is 5.01. The van der Waals surface area contributed by atoms with Crippen LogP contribution in [0.15, 0.2) is 42.7 Å². The number of likely N-dealkylation sites (tertiary alicyclic amines) is 1. The zero-order valence-corrected chi connectivity index (χ0v) is 13.2. The van der Waals surface area contributed by atoms with E-state index in [1.54, 1.807) is 0 Å². The summed E-state index contributed by atoms with van der Waals surface area (Å²) in [7, 11) is 1.94. The monoisotopic (exact) mass is 296 g/mol. The van der Waals surface area contributed by atoms with E-state index in [9.17, 15) is 0 Å². The lowest BCUT2D eigenvalue weighted by atomic mass is 9.93. The van der Waals surface area contributed by atoms with E-state index in [1.807, 2.05) is 31.6 Å². The molecule has 4 heteroatoms. The molecule has 0 aromatic carbocycles. The van der Waals surface area contributed by atoms with E-state index < -0.39 is 0 Å². The Labute approximate surface area is 132 Å². The average molecular weight is 296 g/mol. The minimum absolute atomic E-state index is 0.707. The molecule has 1 aliphatic rings. The summed E-state index contributed by atoms with van der Waals surface area (Å²) in [5.41, 5.74) is 2.50. The van der Waals surface area contributed by atoms with Crippen LogP contribution in [0.5, 0.6) is 0 Å². The highest BCUT2D eigenvalue weighted by Gasteiger charge is 2.21. The topological polar surface area (TPSA) is 41.1 Å². The molecule has 0 aliphatic carbocycles. The van der Waals surface area contributed by atoms with Gasteiger partial charge in [0, 0.05) is 43.8 Å². The van der Waals surface area contributed by atoms with Gasteiger partial charge in [-0.15, -0.1) is 0 Å². The number of pyridine rings is 2. The van der Waals surface area contributed by atoms with Crippen LogP contribution in [0.3, 0.4) is 0 Å². The van der Waals surface area contributed by atoms with Gasteiger partial charge in [0.15, 0.2) is 0 Å². The van der Waals surface area contributed by atoms with Gasteiger partial charge in [0.05, 0.1) is 0 Å². The van der Waals surface area contributed by atoms with Crippen LogP contribution in [0.1, 0.15) is 24.1 Å². The Bertz CT molecular complexity index is 585. The van der Waals surface area contributed by atoms with Crippen molar-refractivity contribution in [3.8, 4) is 0 Å². The molecular formula is C18H24N4. The molecule has 4 nitrogen and oxygen atoms in total. The Balaban J connectivity index is 1.61. The van der Waals surface area contributed by atoms with E-state index in [0.29, 0.717) is 5.92 Å². The second-order valence-electron chi connectivity index (χ2n) is 6.03. The highest BCUT2D eigenvalue weighted by atomic mass is 15.1. The summed E-state index contributed by atoms with van der Waals surface area (Å²) in [4.78, 5) is 11.4. The van der Waals surface area contributed by atoms with Crippen LogP contribution in [0, 0.1) is 5.92 Å². The molecule has 1 saturated heterocycles. The van der Waals surface area contributed by atoms with Gasteiger partial charge < -0.3 is 5.32 Å². The predicted octanol–water partition coefficient (Wildman–Crippen LogP) is 2.97. The highest BCUT2D eigenvalue weighted by molar-refractivity contribution is 5.42. The molecule has 3 heterocycles. The molecule has 2 aromatic heterocycles. The molecule has 0 amide bonds. The predicted molar refractivity (Wildman–Crippen MR) is 89.7 cm³/mol. The van der Waals surface area contributed by atoms with Crippen molar-refractivity contribution >= 4 is 5.82 Å². The van der Waals surface area contributed by atoms with Gasteiger partial charge in [-0.25, -0.2) is 4.98 Å². The minimum Gasteiger partial charge on any atom is -0.373 e. The van der Waals surface area contributed by atoms with Crippen LogP contribution in [0.4, 0.5) is 5.82 Å². The van der Waals surface area contributed by atoms with Gasteiger partial charge in [-0.1, -0.05) is 12.1 Å². The maximum atomic E-state index is 4.47. The van der Waals surface area contributed by atoms with Gasteiger partial charge >= 0.3 is 0 Å². The van der Waals surface area contributed by atoms with Crippen LogP contribution < -0.4 is 5.32 Å². The summed E-state index contributed by atoms with van der Waals surface area (Å²) in [6.45, 7) is 3.30. The Morgan fingerprint density at radius 3 is 2.91 bits per heavy atom. The lowest BCUT2D eigenvalue weighted by Gasteiger charge is -2.33. The van der Waals surface area contributed by atoms with Crippen LogP contribution in [-0.4, -0.2) is 35.0 Å². The first-order chi connectivity index (χ1) is 10.8. The minimum atomic E-state index is 0.707. The summed E-state index contributed by atoms with van der Waals surface area (Å²) in [6.07, 6.45) is 7.40. The maximum Gasteiger partial charge on any atom is 0.130 e. The molecule has 3 rings (SSSR count). The van der Waals surface area contributed by atoms with Gasteiger partial charge in [-0.3, -0.25) is 9.88 Å². The van der Waals surface area contributed by atoms with Crippen molar-refractivity contribution in [2.75, 3.05) is 25.5 Å². The van der Waals surface area contributed by atoms with Crippen LogP contribution >= 0.6 is 0 Å². The number of anilines is 1. The molecule has 22 heavy (non-hydrogen) atoms. The maximum absolute atomic E-state index is 4.47. The van der Waals surface area contributed by atoms with E-state index in [0.717, 1.165) is 25.3 Å². The first-order valence-corrected chi connectivity index (χ1v) is 8.09. The van der Waals surface area contributed by atoms with Crippen molar-refractivity contribution in [2.24, 2.45) is 5.92 Å². The molecule has 0 spiro atoms. The number of hydrogen-bond acceptors (Lipinski definition) is 4. The SMILES string of the molecule is CNc1ncccc1CN1CCC[C@@H](Cc2ccccn2)C1. The Morgan fingerprint density at radius 1 is 1.18 bits per heavy atom. The van der Waals surface area contributed by atoms with E-state index in [2.05, 4.69) is 38.4 Å². The second kappa shape index (κ2) is 7.36. The number of nitrogens with one attached hydrogen (secondary N) is 1. The van der Waals surface area contributed by atoms with Gasteiger partial charge in [-0.05, 0) is 49.9 Å². The highest BCUT2D eigenvalue weighted by Crippen LogP contribution is 2.23. The largest absolute Gasteiger partial charge is 0.373 e. The van der Waals surface area contributed by atoms with Gasteiger partial charge in [0.1, 0.15) is 5.82 Å². The van der Waals surface area contributed by atoms with Crippen LogP contribution in [0.25, 0.3) is 0 Å². The molecule has 0 unspecified atom stereocenters. The lowest BCUT2D eigenvalue weighted by Crippen LogP contribution is -2.36. The number of piperidine rings is 1. The third kappa shape index (κ3) is 3.83. The van der Waals surface area contributed by atoms with E-state index in [4.69, 9.17) is 0 Å². The molecule has 1 atom stereocenters. The standard InChI is InChI=1S/C18H24N4/c1-19-18-16(7-4-10-21-18)14-22-11-5-6-15(13-22)12-17-8-2-3-9-20-17/h2-4,7-10,15H,5-6,11-14H2,1H3,(H,19,21)/t15-/m0/s1. The Morgan fingerprint density at radius 2 is 2.09 bits per heavy atom. The molecule has 0 bridgehead atoms. The lowest BCUT2D eigenvalue weighted by molar-refractivity contribution is 0.166. The fourth-order valence-electron chi connectivity index (χ4n) is 3.31. The summed E-state index contributed by atoms with van der Waals surface area (Å²) in [5.74, 6) is 1.70. The fraction of sp³-hybridized carbons (Fsp3) is 0.444. The van der Waals surface area contributed by atoms with Gasteiger partial charge in [0.25, 0.3) is 0 Å². The molecule has 2 aromatic rings. The number of rotatable bonds is 5. The first kappa shape index (κ1) is 15.0. The molecule has 0 saturated carbocycles. The zero-order chi connectivity index (χ0) is 15.2. The molecule has 1 N–H and O–H groups in total. The van der Waals surface area contributed by atoms with Crippen molar-refractivity contribution < 1.29 is 0 Å². The van der Waals surface area contributed by atoms with E-state index in [-0.39, 0.29) is 0 Å². The fourth-order valence-corrected chi connectivity index (χ4v) is 3.31. The molecule has 1 fully saturated rings. The number of nitrogens with zero attached hydrogens (tertiary/aromatic N) is 3. The van der Waals surface area contributed by atoms with Crippen molar-refractivity contribution in [3.63, 3.8) is 0 Å². The van der Waals surface area contributed by atoms with Crippen LogP contribution in [0.2, 0.25) is 0 Å². The van der Waals surface area contributed by atoms with E-state index >= 15 is 0 Å². The Hall–Kier alpha value is -1.94. The van der Waals surface area contributed by atoms with Crippen molar-refractivity contribution in [3.05, 3.63) is 54.0 Å². The van der Waals surface area contributed by atoms with E-state index in [1.165, 1.54) is 30.6 Å². The van der Waals surface area contributed by atoms with Gasteiger partial charge in [-0.2, -0.15) is 0 Å². The first-order valence-electron chi connectivity index (χ1n) is 8.09. The summed E-state index contributed by atoms with van der Waals surface area (Å²) >= 11 is 0. The average Bonchev–Trinajstić information content (AvgIpc) is 2.57. The smallest absolute Gasteiger partial charge is 0.130 e. The van der Waals surface area contributed by atoms with Crippen molar-refractivity contribution in [1.82, 2.24) is 14.9 Å². The molecule has 0 radical (unpaired) electrons. The molecule has 116 valence electrons. The zero-order valence-electron chi connectivity index (χ0n) is 13.2. The second-order valence-corrected chi connectivity index (χ2v) is 6.03. The molecular weight excluding hydrogens is 272 g/mol. The summed E-state index contributed by atoms with van der Waals surface area (Å²) < 4.78 is 0. The summed E-state index contributed by atoms with van der Waals surface area (Å²) in [5, 5.41) is 3.19. The molecule has 1 aliphatic heterocycles. The third-order valence-electron chi connectivity index (χ3n) is 4.35. The quantitative estimate of drug-likeness (QED) is 0.921. The third-order valence-corrected chi connectivity index (χ3v) is 4.35. The van der Waals surface area contributed by atoms with Crippen molar-refractivity contribution in [2.45, 2.75) is 25.8 Å². The number of hydrogen-bond donors (Lipinski definition) is 1. The van der Waals surface area contributed by atoms with Crippen molar-refractivity contribution in [1.29, 1.82) is 0 Å². The van der Waals surface area contributed by atoms with Gasteiger partial charge in [0.2, 0.25) is 0 Å².